The SMILES string of the molecule is [CH2]Cn1nc(C(N)=O)c(N)c1CC. The number of nitrogen functional groups attached to an aromatic ring is 1. The molecule has 1 aromatic rings. The van der Waals surface area contributed by atoms with Gasteiger partial charge in [0.15, 0.2) is 5.69 Å². The minimum Gasteiger partial charge on any atom is -0.395 e. The molecule has 4 N–H and O–H groups in total. The molecule has 0 fully saturated rings. The maximum absolute atomic E-state index is 10.9. The summed E-state index contributed by atoms with van der Waals surface area (Å²) in [6.07, 6.45) is 0.710. The van der Waals surface area contributed by atoms with Crippen molar-refractivity contribution in [2.24, 2.45) is 5.73 Å². The van der Waals surface area contributed by atoms with Crippen molar-refractivity contribution in [1.82, 2.24) is 9.78 Å². The normalized spacial score (nSPS) is 10.3. The molecule has 1 aromatic heterocycles. The van der Waals surface area contributed by atoms with Gasteiger partial charge >= 0.3 is 0 Å². The Morgan fingerprint density at radius 2 is 2.31 bits per heavy atom. The van der Waals surface area contributed by atoms with Gasteiger partial charge in [-0.15, -0.1) is 0 Å². The van der Waals surface area contributed by atoms with Crippen molar-refractivity contribution in [3.8, 4) is 0 Å². The number of rotatable bonds is 3. The highest BCUT2D eigenvalue weighted by Gasteiger charge is 2.16. The fourth-order valence-corrected chi connectivity index (χ4v) is 1.25. The molecule has 1 rings (SSSR count). The van der Waals surface area contributed by atoms with Crippen molar-refractivity contribution in [2.75, 3.05) is 5.73 Å². The summed E-state index contributed by atoms with van der Waals surface area (Å²) >= 11 is 0. The maximum atomic E-state index is 10.9. The molecule has 0 saturated heterocycles. The molecule has 1 heterocycles. The number of anilines is 1. The summed E-state index contributed by atoms with van der Waals surface area (Å²) in [5, 5.41) is 3.95. The standard InChI is InChI=1S/C8H13N4O/c1-3-5-6(9)7(8(10)13)11-12(5)4-2/h2-4,9H2,1H3,(H2,10,13). The number of aromatic nitrogens is 2. The second-order valence-corrected chi connectivity index (χ2v) is 2.65. The fourth-order valence-electron chi connectivity index (χ4n) is 1.25. The first-order valence-electron chi connectivity index (χ1n) is 4.06. The van der Waals surface area contributed by atoms with Crippen LogP contribution in [0.4, 0.5) is 5.69 Å². The number of nitrogens with zero attached hydrogens (tertiary/aromatic N) is 2. The molecule has 13 heavy (non-hydrogen) atoms. The third kappa shape index (κ3) is 1.49. The van der Waals surface area contributed by atoms with Gasteiger partial charge in [-0.1, -0.05) is 6.92 Å². The minimum absolute atomic E-state index is 0.139. The van der Waals surface area contributed by atoms with E-state index in [1.165, 1.54) is 0 Å². The predicted molar refractivity (Wildman–Crippen MR) is 49.9 cm³/mol. The van der Waals surface area contributed by atoms with Crippen LogP contribution >= 0.6 is 0 Å². The minimum atomic E-state index is -0.598. The van der Waals surface area contributed by atoms with Gasteiger partial charge in [0.25, 0.3) is 5.91 Å². The monoisotopic (exact) mass is 181 g/mol. The molecule has 0 aliphatic carbocycles. The lowest BCUT2D eigenvalue weighted by molar-refractivity contribution is 0.0995. The van der Waals surface area contributed by atoms with Crippen LogP contribution in [-0.2, 0) is 13.0 Å². The average molecular weight is 181 g/mol. The first kappa shape index (κ1) is 9.57. The average Bonchev–Trinajstić information content (AvgIpc) is 2.41. The largest absolute Gasteiger partial charge is 0.395 e. The van der Waals surface area contributed by atoms with Gasteiger partial charge in [0.2, 0.25) is 0 Å². The van der Waals surface area contributed by atoms with Gasteiger partial charge in [-0.25, -0.2) is 0 Å². The van der Waals surface area contributed by atoms with Crippen LogP contribution in [0.15, 0.2) is 0 Å². The van der Waals surface area contributed by atoms with Crippen LogP contribution in [0.25, 0.3) is 0 Å². The summed E-state index contributed by atoms with van der Waals surface area (Å²) in [4.78, 5) is 10.9. The van der Waals surface area contributed by atoms with Gasteiger partial charge < -0.3 is 11.5 Å². The van der Waals surface area contributed by atoms with Crippen LogP contribution in [0.3, 0.4) is 0 Å². The Morgan fingerprint density at radius 1 is 1.69 bits per heavy atom. The molecule has 0 saturated carbocycles. The maximum Gasteiger partial charge on any atom is 0.271 e. The van der Waals surface area contributed by atoms with Crippen molar-refractivity contribution in [3.05, 3.63) is 18.3 Å². The molecule has 71 valence electrons. The Balaban J connectivity index is 3.26. The van der Waals surface area contributed by atoms with Crippen molar-refractivity contribution in [1.29, 1.82) is 0 Å². The Morgan fingerprint density at radius 3 is 2.62 bits per heavy atom. The number of nitrogens with two attached hydrogens (primary N) is 2. The summed E-state index contributed by atoms with van der Waals surface area (Å²) in [6.45, 7) is 6.05. The highest BCUT2D eigenvalue weighted by Crippen LogP contribution is 2.16. The van der Waals surface area contributed by atoms with Crippen LogP contribution in [-0.4, -0.2) is 15.7 Å². The fraction of sp³-hybridized carbons (Fsp3) is 0.375. The smallest absolute Gasteiger partial charge is 0.271 e. The molecule has 0 aliphatic rings. The number of hydrogen-bond acceptors (Lipinski definition) is 3. The molecule has 5 nitrogen and oxygen atoms in total. The lowest BCUT2D eigenvalue weighted by atomic mass is 10.2. The summed E-state index contributed by atoms with van der Waals surface area (Å²) < 4.78 is 1.59. The Hall–Kier alpha value is -1.52. The molecule has 0 unspecified atom stereocenters. The quantitative estimate of drug-likeness (QED) is 0.686. The number of carbonyl (C=O) groups is 1. The van der Waals surface area contributed by atoms with Gasteiger partial charge in [0, 0.05) is 6.54 Å². The van der Waals surface area contributed by atoms with E-state index in [2.05, 4.69) is 12.0 Å². The summed E-state index contributed by atoms with van der Waals surface area (Å²) in [5.41, 5.74) is 12.1. The van der Waals surface area contributed by atoms with E-state index in [0.717, 1.165) is 5.69 Å². The van der Waals surface area contributed by atoms with E-state index in [-0.39, 0.29) is 5.69 Å². The highest BCUT2D eigenvalue weighted by molar-refractivity contribution is 5.96. The lowest BCUT2D eigenvalue weighted by Gasteiger charge is -2.00. The molecular formula is C8H13N4O. The van der Waals surface area contributed by atoms with Crippen molar-refractivity contribution >= 4 is 11.6 Å². The van der Waals surface area contributed by atoms with Crippen LogP contribution in [0.5, 0.6) is 0 Å². The van der Waals surface area contributed by atoms with Crippen LogP contribution in [0.1, 0.15) is 23.1 Å². The van der Waals surface area contributed by atoms with Crippen LogP contribution in [0.2, 0.25) is 0 Å². The second kappa shape index (κ2) is 3.47. The second-order valence-electron chi connectivity index (χ2n) is 2.65. The Labute approximate surface area is 76.7 Å². The van der Waals surface area contributed by atoms with E-state index >= 15 is 0 Å². The first-order chi connectivity index (χ1) is 6.11. The molecule has 0 bridgehead atoms. The number of amides is 1. The van der Waals surface area contributed by atoms with E-state index < -0.39 is 5.91 Å². The van der Waals surface area contributed by atoms with Crippen molar-refractivity contribution < 1.29 is 4.79 Å². The van der Waals surface area contributed by atoms with E-state index in [1.807, 2.05) is 6.92 Å². The Kier molecular flexibility index (Phi) is 2.55. The molecule has 0 aliphatic heterocycles. The van der Waals surface area contributed by atoms with Crippen LogP contribution < -0.4 is 11.5 Å². The summed E-state index contributed by atoms with van der Waals surface area (Å²) in [6, 6.07) is 0. The van der Waals surface area contributed by atoms with E-state index in [4.69, 9.17) is 11.5 Å². The van der Waals surface area contributed by atoms with Crippen molar-refractivity contribution in [3.63, 3.8) is 0 Å². The van der Waals surface area contributed by atoms with E-state index in [1.54, 1.807) is 4.68 Å². The molecular weight excluding hydrogens is 168 g/mol. The zero-order chi connectivity index (χ0) is 10.0. The third-order valence-electron chi connectivity index (χ3n) is 1.88. The Bertz CT molecular complexity index is 329. The van der Waals surface area contributed by atoms with Gasteiger partial charge in [-0.2, -0.15) is 5.10 Å². The zero-order valence-electron chi connectivity index (χ0n) is 7.58. The zero-order valence-corrected chi connectivity index (χ0v) is 7.58. The van der Waals surface area contributed by atoms with Gasteiger partial charge in [0.1, 0.15) is 0 Å². The molecule has 0 aromatic carbocycles. The first-order valence-corrected chi connectivity index (χ1v) is 4.06. The molecule has 1 amide bonds. The van der Waals surface area contributed by atoms with Gasteiger partial charge in [-0.05, 0) is 13.3 Å². The molecule has 1 radical (unpaired) electrons. The number of primary amides is 1. The lowest BCUT2D eigenvalue weighted by Crippen LogP contribution is -2.14. The van der Waals surface area contributed by atoms with Gasteiger partial charge in [-0.3, -0.25) is 9.48 Å². The summed E-state index contributed by atoms with van der Waals surface area (Å²) in [5.74, 6) is -0.598. The van der Waals surface area contributed by atoms with E-state index in [0.29, 0.717) is 18.7 Å². The molecule has 5 heteroatoms. The summed E-state index contributed by atoms with van der Waals surface area (Å²) in [7, 11) is 0. The predicted octanol–water partition coefficient (Wildman–Crippen LogP) is -0.0393. The third-order valence-corrected chi connectivity index (χ3v) is 1.88. The number of carbonyl (C=O) groups excluding carboxylic acids is 1. The highest BCUT2D eigenvalue weighted by atomic mass is 16.1. The van der Waals surface area contributed by atoms with Gasteiger partial charge in [0.05, 0.1) is 11.4 Å². The number of hydrogen-bond donors (Lipinski definition) is 2. The molecule has 0 spiro atoms. The molecule has 0 atom stereocenters. The topological polar surface area (TPSA) is 86.9 Å². The van der Waals surface area contributed by atoms with Crippen molar-refractivity contribution in [2.45, 2.75) is 19.9 Å². The van der Waals surface area contributed by atoms with E-state index in [9.17, 15) is 4.79 Å². The van der Waals surface area contributed by atoms with Crippen LogP contribution in [0, 0.1) is 6.92 Å².